The Morgan fingerprint density at radius 2 is 1.25 bits per heavy atom. The molecule has 20 valence electrons. The van der Waals surface area contributed by atoms with Gasteiger partial charge in [0.1, 0.15) is 0 Å². The third kappa shape index (κ3) is 11.9. The Bertz CT molecular complexity index is 8.00. The minimum absolute atomic E-state index is 0.300. The Kier molecular flexibility index (Phi) is 78.7. The summed E-state index contributed by atoms with van der Waals surface area (Å²) < 4.78 is 16.6. The van der Waals surface area contributed by atoms with Crippen LogP contribution in [0.3, 0.4) is 0 Å². The molecule has 0 aliphatic rings. The van der Waals surface area contributed by atoms with E-state index in [0.717, 1.165) is 0 Å². The monoisotopic (exact) mass is 150 g/mol. The topological polar surface area (TPSA) is 34.1 Å². The summed E-state index contributed by atoms with van der Waals surface area (Å²) in [5, 5.41) is 0. The Balaban J connectivity index is 0. The van der Waals surface area contributed by atoms with Gasteiger partial charge in [0.15, 0.2) is 0 Å². The zero-order valence-electron chi connectivity index (χ0n) is 2.02. The van der Waals surface area contributed by atoms with Crippen LogP contribution in [0.1, 0.15) is 0 Å². The number of hydrogen-bond donors (Lipinski definition) is 0. The molecule has 0 aromatic rings. The van der Waals surface area contributed by atoms with E-state index in [1.807, 2.05) is 0 Å². The van der Waals surface area contributed by atoms with Crippen LogP contribution < -0.4 is 0 Å². The van der Waals surface area contributed by atoms with Crippen LogP contribution in [-0.4, -0.2) is 16.2 Å². The van der Waals surface area contributed by atoms with Gasteiger partial charge >= 0.3 is 47.6 Å². The SMILES string of the molecule is [O]=[AlH].[O]=[Zr]. The molecule has 0 saturated heterocycles. The van der Waals surface area contributed by atoms with Crippen LogP contribution in [0.2, 0.25) is 0 Å². The molecule has 0 aromatic heterocycles. The van der Waals surface area contributed by atoms with Gasteiger partial charge in [0.05, 0.1) is 0 Å². The standard InChI is InChI=1S/Al.2O.Zr.H. The molecule has 0 heterocycles. The summed E-state index contributed by atoms with van der Waals surface area (Å²) in [6, 6.07) is 0. The molecule has 0 bridgehead atoms. The molecule has 0 rings (SSSR count). The van der Waals surface area contributed by atoms with E-state index in [4.69, 9.17) is 6.62 Å². The summed E-state index contributed by atoms with van der Waals surface area (Å²) in [5.41, 5.74) is 0. The third-order valence-corrected chi connectivity index (χ3v) is 0. The number of hydrogen-bond acceptors (Lipinski definition) is 2. The molecule has 4 heavy (non-hydrogen) atoms. The molecular weight excluding hydrogens is 150 g/mol. The average molecular weight is 151 g/mol. The van der Waals surface area contributed by atoms with E-state index in [1.54, 1.807) is 0 Å². The van der Waals surface area contributed by atoms with Crippen LogP contribution in [-0.2, 0) is 31.3 Å². The first-order valence-corrected chi connectivity index (χ1v) is 2.07. The first kappa shape index (κ1) is 8.89. The molecule has 2 nitrogen and oxygen atoms in total. The van der Waals surface area contributed by atoms with Gasteiger partial charge in [-0.05, 0) is 0 Å². The maximum atomic E-state index is 8.34. The second-order valence-electron chi connectivity index (χ2n) is 0. The van der Waals surface area contributed by atoms with Crippen molar-refractivity contribution in [3.8, 4) is 0 Å². The van der Waals surface area contributed by atoms with Gasteiger partial charge in [0.25, 0.3) is 0 Å². The Labute approximate surface area is 47.5 Å². The van der Waals surface area contributed by atoms with Gasteiger partial charge in [-0.1, -0.05) is 0 Å². The van der Waals surface area contributed by atoms with E-state index in [0.29, 0.717) is 40.9 Å². The van der Waals surface area contributed by atoms with Crippen LogP contribution in [0.4, 0.5) is 0 Å². The summed E-state index contributed by atoms with van der Waals surface area (Å²) in [4.78, 5) is 0. The summed E-state index contributed by atoms with van der Waals surface area (Å²) in [5.74, 6) is 0. The van der Waals surface area contributed by atoms with Crippen molar-refractivity contribution in [3.05, 3.63) is 0 Å². The fourth-order valence-corrected chi connectivity index (χ4v) is 0. The van der Waals surface area contributed by atoms with E-state index >= 15 is 0 Å². The predicted octanol–water partition coefficient (Wildman–Crippen LogP) is -0.889. The summed E-state index contributed by atoms with van der Waals surface area (Å²) >= 11 is 0.911. The van der Waals surface area contributed by atoms with Crippen LogP contribution in [0.25, 0.3) is 0 Å². The predicted molar refractivity (Wildman–Crippen MR) is 8.52 cm³/mol. The van der Waals surface area contributed by atoms with Crippen LogP contribution in [0.15, 0.2) is 0 Å². The summed E-state index contributed by atoms with van der Waals surface area (Å²) in [7, 11) is 0. The molecule has 0 aliphatic heterocycles. The fraction of sp³-hybridized carbons (Fsp3) is 0. The Morgan fingerprint density at radius 3 is 1.25 bits per heavy atom. The van der Waals surface area contributed by atoms with Crippen molar-refractivity contribution < 1.29 is 31.3 Å². The van der Waals surface area contributed by atoms with Gasteiger partial charge in [0.2, 0.25) is 0 Å². The van der Waals surface area contributed by atoms with E-state index < -0.39 is 0 Å². The van der Waals surface area contributed by atoms with Crippen molar-refractivity contribution >= 4 is 16.2 Å². The molecule has 4 heteroatoms. The molecule has 0 atom stereocenters. The zero-order valence-corrected chi connectivity index (χ0v) is 5.90. The second kappa shape index (κ2) is 35.4. The summed E-state index contributed by atoms with van der Waals surface area (Å²) in [6.07, 6.45) is 0. The van der Waals surface area contributed by atoms with Crippen molar-refractivity contribution in [1.82, 2.24) is 0 Å². The van der Waals surface area contributed by atoms with Crippen LogP contribution >= 0.6 is 0 Å². The molecule has 0 saturated carbocycles. The van der Waals surface area contributed by atoms with Gasteiger partial charge in [-0.3, -0.25) is 0 Å². The van der Waals surface area contributed by atoms with Gasteiger partial charge < -0.3 is 0 Å². The van der Waals surface area contributed by atoms with E-state index in [-0.39, 0.29) is 0 Å². The van der Waals surface area contributed by atoms with Crippen molar-refractivity contribution in [3.63, 3.8) is 0 Å². The quantitative estimate of drug-likeness (QED) is 0.421. The van der Waals surface area contributed by atoms with Gasteiger partial charge in [0, 0.05) is 0 Å². The first-order chi connectivity index (χ1) is 2.00. The molecule has 0 fully saturated rings. The molecule has 0 aromatic carbocycles. The third-order valence-electron chi connectivity index (χ3n) is 0. The minimum atomic E-state index is 0.300. The van der Waals surface area contributed by atoms with Crippen molar-refractivity contribution in [2.45, 2.75) is 0 Å². The first-order valence-electron chi connectivity index (χ1n) is 0.493. The van der Waals surface area contributed by atoms with Crippen LogP contribution in [0.5, 0.6) is 0 Å². The average Bonchev–Trinajstić information content (AvgIpc) is 1.50. The Morgan fingerprint density at radius 1 is 1.25 bits per heavy atom. The van der Waals surface area contributed by atoms with Crippen LogP contribution in [0, 0.1) is 0 Å². The molecule has 0 aliphatic carbocycles. The van der Waals surface area contributed by atoms with E-state index in [9.17, 15) is 0 Å². The van der Waals surface area contributed by atoms with E-state index in [2.05, 4.69) is 0 Å². The van der Waals surface area contributed by atoms with Gasteiger partial charge in [-0.15, -0.1) is 0 Å². The van der Waals surface area contributed by atoms with E-state index in [1.165, 1.54) is 0 Å². The molecule has 0 radical (unpaired) electrons. The van der Waals surface area contributed by atoms with Gasteiger partial charge in [-0.25, -0.2) is 0 Å². The molecule has 0 spiro atoms. The van der Waals surface area contributed by atoms with Crippen molar-refractivity contribution in [2.75, 3.05) is 0 Å². The molecule has 0 amide bonds. The maximum absolute atomic E-state index is 8.34. The van der Waals surface area contributed by atoms with Crippen molar-refractivity contribution in [2.24, 2.45) is 0 Å². The Hall–Kier alpha value is 1.02. The summed E-state index contributed by atoms with van der Waals surface area (Å²) in [6.45, 7) is 0. The fourth-order valence-electron chi connectivity index (χ4n) is 0. The normalized spacial score (nSPS) is 1.50. The van der Waals surface area contributed by atoms with Crippen molar-refractivity contribution in [1.29, 1.82) is 0 Å². The molecule has 0 unspecified atom stereocenters. The zero-order chi connectivity index (χ0) is 4.00. The second-order valence-corrected chi connectivity index (χ2v) is 0. The van der Waals surface area contributed by atoms with Gasteiger partial charge in [-0.2, -0.15) is 0 Å². The molecule has 0 N–H and O–H groups in total. The molecular formula is HAlO2Zr. The number of rotatable bonds is 0.